The summed E-state index contributed by atoms with van der Waals surface area (Å²) in [5.74, 6) is 0.265. The summed E-state index contributed by atoms with van der Waals surface area (Å²) >= 11 is 0. The summed E-state index contributed by atoms with van der Waals surface area (Å²) < 4.78 is 1.41. The molecule has 0 aliphatic heterocycles. The highest BCUT2D eigenvalue weighted by Crippen LogP contribution is 2.08. The summed E-state index contributed by atoms with van der Waals surface area (Å²) in [6, 6.07) is 0.111. The average molecular weight is 282 g/mol. The molecule has 0 aliphatic rings. The van der Waals surface area contributed by atoms with Crippen LogP contribution in [0.3, 0.4) is 0 Å². The van der Waals surface area contributed by atoms with Crippen molar-refractivity contribution < 1.29 is 9.72 Å². The number of carbonyl (C=O) groups is 1. The number of hydrogen-bond donors (Lipinski definition) is 1. The summed E-state index contributed by atoms with van der Waals surface area (Å²) in [4.78, 5) is 25.3. The maximum absolute atomic E-state index is 11.8. The van der Waals surface area contributed by atoms with Crippen molar-refractivity contribution in [3.8, 4) is 0 Å². The molecule has 0 saturated heterocycles. The van der Waals surface area contributed by atoms with Gasteiger partial charge in [-0.1, -0.05) is 26.7 Å². The Morgan fingerprint density at radius 2 is 2.15 bits per heavy atom. The van der Waals surface area contributed by atoms with Gasteiger partial charge in [0.2, 0.25) is 12.2 Å². The van der Waals surface area contributed by atoms with Gasteiger partial charge in [-0.25, -0.2) is 0 Å². The van der Waals surface area contributed by atoms with Gasteiger partial charge in [0.05, 0.1) is 0 Å². The van der Waals surface area contributed by atoms with Gasteiger partial charge in [0, 0.05) is 6.04 Å². The molecule has 112 valence electrons. The summed E-state index contributed by atoms with van der Waals surface area (Å²) in [5.41, 5.74) is 0. The molecule has 0 radical (unpaired) electrons. The Kier molecular flexibility index (Phi) is 6.14. The molecule has 1 N–H and O–H groups in total. The molecule has 1 aromatic rings. The number of nitro groups is 1. The summed E-state index contributed by atoms with van der Waals surface area (Å²) in [5, 5.41) is 13.4. The van der Waals surface area contributed by atoms with E-state index < -0.39 is 4.92 Å². The van der Waals surface area contributed by atoms with E-state index in [4.69, 9.17) is 0 Å². The van der Waals surface area contributed by atoms with Gasteiger partial charge in [-0.05, 0) is 29.2 Å². The minimum atomic E-state index is -0.580. The zero-order chi connectivity index (χ0) is 15.1. The second-order valence-electron chi connectivity index (χ2n) is 5.45. The molecule has 20 heavy (non-hydrogen) atoms. The lowest BCUT2D eigenvalue weighted by Crippen LogP contribution is -2.34. The molecule has 1 rings (SSSR count). The molecule has 0 bridgehead atoms. The predicted molar refractivity (Wildman–Crippen MR) is 75.2 cm³/mol. The molecule has 0 saturated carbocycles. The van der Waals surface area contributed by atoms with Crippen LogP contribution < -0.4 is 5.32 Å². The van der Waals surface area contributed by atoms with Crippen molar-refractivity contribution in [1.82, 2.24) is 14.9 Å². The van der Waals surface area contributed by atoms with Crippen molar-refractivity contribution in [3.05, 3.63) is 22.6 Å². The molecule has 7 heteroatoms. The van der Waals surface area contributed by atoms with Crippen LogP contribution in [0.25, 0.3) is 0 Å². The van der Waals surface area contributed by atoms with Gasteiger partial charge < -0.3 is 20.0 Å². The lowest BCUT2D eigenvalue weighted by atomic mass is 10.0. The smallest absolute Gasteiger partial charge is 0.358 e. The van der Waals surface area contributed by atoms with Crippen molar-refractivity contribution in [3.63, 3.8) is 0 Å². The number of rotatable bonds is 8. The maximum Gasteiger partial charge on any atom is 0.381 e. The first-order valence-electron chi connectivity index (χ1n) is 6.84. The average Bonchev–Trinajstić information content (AvgIpc) is 2.76. The van der Waals surface area contributed by atoms with Crippen molar-refractivity contribution in [2.24, 2.45) is 5.92 Å². The van der Waals surface area contributed by atoms with Gasteiger partial charge in [-0.2, -0.15) is 0 Å². The van der Waals surface area contributed by atoms with Gasteiger partial charge in [-0.3, -0.25) is 4.79 Å². The Morgan fingerprint density at radius 3 is 2.70 bits per heavy atom. The van der Waals surface area contributed by atoms with E-state index >= 15 is 0 Å². The third kappa shape index (κ3) is 5.81. The first-order valence-corrected chi connectivity index (χ1v) is 6.84. The first kappa shape index (κ1) is 16.1. The fourth-order valence-corrected chi connectivity index (χ4v) is 1.92. The van der Waals surface area contributed by atoms with Crippen LogP contribution in [-0.2, 0) is 11.3 Å². The Hall–Kier alpha value is -1.92. The standard InChI is InChI=1S/C13H22N4O3/c1-10(2)5-4-6-11(3)15-13(18)8-16-7-12(14-9-16)17(19)20/h7,9-11H,4-6,8H2,1-3H3,(H,15,18). The largest absolute Gasteiger partial charge is 0.381 e. The molecule has 1 unspecified atom stereocenters. The van der Waals surface area contributed by atoms with E-state index in [-0.39, 0.29) is 24.3 Å². The highest BCUT2D eigenvalue weighted by Gasteiger charge is 2.13. The number of carbonyl (C=O) groups excluding carboxylic acids is 1. The molecule has 1 aromatic heterocycles. The van der Waals surface area contributed by atoms with E-state index in [1.807, 2.05) is 6.92 Å². The Balaban J connectivity index is 2.33. The molecule has 0 aromatic carbocycles. The third-order valence-corrected chi connectivity index (χ3v) is 2.96. The van der Waals surface area contributed by atoms with E-state index in [1.165, 1.54) is 17.1 Å². The van der Waals surface area contributed by atoms with Crippen LogP contribution in [-0.4, -0.2) is 26.4 Å². The molecule has 1 heterocycles. The van der Waals surface area contributed by atoms with Crippen LogP contribution in [0.4, 0.5) is 5.82 Å². The molecule has 1 atom stereocenters. The monoisotopic (exact) mass is 282 g/mol. The number of hydrogen-bond acceptors (Lipinski definition) is 4. The molecule has 0 fully saturated rings. The van der Waals surface area contributed by atoms with E-state index in [1.54, 1.807) is 0 Å². The summed E-state index contributed by atoms with van der Waals surface area (Å²) in [6.45, 7) is 6.37. The Morgan fingerprint density at radius 1 is 1.45 bits per heavy atom. The fraction of sp³-hybridized carbons (Fsp3) is 0.692. The molecule has 0 aliphatic carbocycles. The lowest BCUT2D eigenvalue weighted by Gasteiger charge is -2.14. The molecule has 7 nitrogen and oxygen atoms in total. The van der Waals surface area contributed by atoms with Crippen molar-refractivity contribution in [2.45, 2.75) is 52.6 Å². The van der Waals surface area contributed by atoms with E-state index in [2.05, 4.69) is 24.1 Å². The van der Waals surface area contributed by atoms with Crippen LogP contribution in [0, 0.1) is 16.0 Å². The minimum absolute atomic E-state index is 0.0510. The highest BCUT2D eigenvalue weighted by atomic mass is 16.6. The van der Waals surface area contributed by atoms with E-state index in [9.17, 15) is 14.9 Å². The Bertz CT molecular complexity index is 456. The van der Waals surface area contributed by atoms with Crippen LogP contribution >= 0.6 is 0 Å². The van der Waals surface area contributed by atoms with Gasteiger partial charge in [0.25, 0.3) is 0 Å². The number of nitrogens with zero attached hydrogens (tertiary/aromatic N) is 3. The summed E-state index contributed by atoms with van der Waals surface area (Å²) in [6.07, 6.45) is 5.71. The third-order valence-electron chi connectivity index (χ3n) is 2.96. The van der Waals surface area contributed by atoms with E-state index in [0.29, 0.717) is 5.92 Å². The number of amides is 1. The topological polar surface area (TPSA) is 90.1 Å². The normalized spacial score (nSPS) is 12.4. The molecule has 0 spiro atoms. The number of aromatic nitrogens is 2. The van der Waals surface area contributed by atoms with Gasteiger partial charge >= 0.3 is 5.82 Å². The number of imidazole rings is 1. The van der Waals surface area contributed by atoms with Gasteiger partial charge in [0.15, 0.2) is 0 Å². The Labute approximate surface area is 118 Å². The summed E-state index contributed by atoms with van der Waals surface area (Å²) in [7, 11) is 0. The van der Waals surface area contributed by atoms with Crippen molar-refractivity contribution >= 4 is 11.7 Å². The SMILES string of the molecule is CC(C)CCCC(C)NC(=O)Cn1cnc([N+](=O)[O-])c1. The van der Waals surface area contributed by atoms with Crippen LogP contribution in [0.2, 0.25) is 0 Å². The van der Waals surface area contributed by atoms with Crippen LogP contribution in [0.5, 0.6) is 0 Å². The predicted octanol–water partition coefficient (Wildman–Crippen LogP) is 2.12. The first-order chi connectivity index (χ1) is 9.38. The second-order valence-corrected chi connectivity index (χ2v) is 5.45. The lowest BCUT2D eigenvalue weighted by molar-refractivity contribution is -0.389. The second kappa shape index (κ2) is 7.62. The quantitative estimate of drug-likeness (QED) is 0.584. The number of nitrogens with one attached hydrogen (secondary N) is 1. The maximum atomic E-state index is 11.8. The molecular weight excluding hydrogens is 260 g/mol. The zero-order valence-electron chi connectivity index (χ0n) is 12.2. The van der Waals surface area contributed by atoms with Gasteiger partial charge in [0.1, 0.15) is 12.7 Å². The van der Waals surface area contributed by atoms with Crippen LogP contribution in [0.1, 0.15) is 40.0 Å². The zero-order valence-corrected chi connectivity index (χ0v) is 12.2. The highest BCUT2D eigenvalue weighted by molar-refractivity contribution is 5.76. The van der Waals surface area contributed by atoms with Crippen LogP contribution in [0.15, 0.2) is 12.5 Å². The molecule has 1 amide bonds. The van der Waals surface area contributed by atoms with Crippen molar-refractivity contribution in [1.29, 1.82) is 0 Å². The van der Waals surface area contributed by atoms with Gasteiger partial charge in [-0.15, -0.1) is 0 Å². The minimum Gasteiger partial charge on any atom is -0.358 e. The fourth-order valence-electron chi connectivity index (χ4n) is 1.92. The van der Waals surface area contributed by atoms with E-state index in [0.717, 1.165) is 19.3 Å². The van der Waals surface area contributed by atoms with Crippen molar-refractivity contribution in [2.75, 3.05) is 0 Å². The molecular formula is C13H22N4O3.